The third-order valence-electron chi connectivity index (χ3n) is 2.84. The molecule has 0 fully saturated rings. The lowest BCUT2D eigenvalue weighted by molar-refractivity contribution is 0.103. The molecule has 21 heavy (non-hydrogen) atoms. The number of halogens is 1. The molecule has 0 aliphatic heterocycles. The van der Waals surface area contributed by atoms with Crippen molar-refractivity contribution in [2.45, 2.75) is 0 Å². The number of benzene rings is 2. The van der Waals surface area contributed by atoms with Crippen molar-refractivity contribution >= 4 is 23.1 Å². The summed E-state index contributed by atoms with van der Waals surface area (Å²) in [6, 6.07) is 11.0. The van der Waals surface area contributed by atoms with Gasteiger partial charge in [0.25, 0.3) is 0 Å². The third kappa shape index (κ3) is 3.02. The molecule has 0 amide bonds. The highest BCUT2D eigenvalue weighted by molar-refractivity contribution is 6.31. The van der Waals surface area contributed by atoms with Crippen molar-refractivity contribution in [3.05, 3.63) is 69.5 Å². The van der Waals surface area contributed by atoms with Crippen LogP contribution in [0.1, 0.15) is 21.5 Å². The summed E-state index contributed by atoms with van der Waals surface area (Å²) in [6.45, 7) is 7.03. The molecule has 0 saturated carbocycles. The average molecular weight is 297 g/mol. The Bertz CT molecular complexity index is 769. The molecular formula is C16H9ClN2O2. The van der Waals surface area contributed by atoms with E-state index in [0.717, 1.165) is 0 Å². The maximum Gasteiger partial charge on any atom is 0.195 e. The normalized spacial score (nSPS) is 9.52. The fraction of sp³-hybridized carbons (Fsp3) is 0.0625. The second-order valence-electron chi connectivity index (χ2n) is 4.17. The topological polar surface area (TPSA) is 54.5 Å². The van der Waals surface area contributed by atoms with Crippen molar-refractivity contribution < 1.29 is 9.53 Å². The van der Waals surface area contributed by atoms with Crippen molar-refractivity contribution in [3.8, 4) is 11.8 Å². The first-order valence-corrected chi connectivity index (χ1v) is 6.27. The molecule has 0 N–H and O–H groups in total. The van der Waals surface area contributed by atoms with Crippen LogP contribution in [0.15, 0.2) is 36.4 Å². The highest BCUT2D eigenvalue weighted by Crippen LogP contribution is 2.27. The Balaban J connectivity index is 2.58. The molecule has 0 aromatic heterocycles. The number of carbonyl (C=O) groups excluding carboxylic acids is 1. The first-order chi connectivity index (χ1) is 10.1. The van der Waals surface area contributed by atoms with Gasteiger partial charge < -0.3 is 4.74 Å². The highest BCUT2D eigenvalue weighted by atomic mass is 35.5. The van der Waals surface area contributed by atoms with Gasteiger partial charge in [-0.1, -0.05) is 11.6 Å². The molecule has 0 atom stereocenters. The van der Waals surface area contributed by atoms with Gasteiger partial charge in [0.1, 0.15) is 5.75 Å². The van der Waals surface area contributed by atoms with E-state index in [0.29, 0.717) is 10.8 Å². The molecule has 0 radical (unpaired) electrons. The second-order valence-corrected chi connectivity index (χ2v) is 4.60. The van der Waals surface area contributed by atoms with Crippen LogP contribution in [0.3, 0.4) is 0 Å². The lowest BCUT2D eigenvalue weighted by atomic mass is 10.00. The van der Waals surface area contributed by atoms with E-state index in [2.05, 4.69) is 4.85 Å². The molecule has 4 nitrogen and oxygen atoms in total. The number of carbonyl (C=O) groups is 1. The molecule has 0 spiro atoms. The summed E-state index contributed by atoms with van der Waals surface area (Å²) in [6.07, 6.45) is 0. The smallest absolute Gasteiger partial charge is 0.195 e. The Labute approximate surface area is 127 Å². The minimum absolute atomic E-state index is 0.235. The lowest BCUT2D eigenvalue weighted by Crippen LogP contribution is -2.04. The Kier molecular flexibility index (Phi) is 4.23. The monoisotopic (exact) mass is 296 g/mol. The first kappa shape index (κ1) is 14.6. The molecule has 0 aliphatic carbocycles. The van der Waals surface area contributed by atoms with Gasteiger partial charge in [0.05, 0.1) is 25.3 Å². The molecule has 0 saturated heterocycles. The average Bonchev–Trinajstić information content (AvgIpc) is 2.53. The SMILES string of the molecule is [C-]#[N+]c1cc(C#N)cc(C(=O)c2cc(Cl)ccc2OC)c1. The number of hydrogen-bond acceptors (Lipinski definition) is 3. The zero-order valence-corrected chi connectivity index (χ0v) is 11.8. The van der Waals surface area contributed by atoms with Gasteiger partial charge in [-0.3, -0.25) is 4.79 Å². The van der Waals surface area contributed by atoms with E-state index in [1.807, 2.05) is 6.07 Å². The van der Waals surface area contributed by atoms with Crippen LogP contribution in [-0.4, -0.2) is 12.9 Å². The van der Waals surface area contributed by atoms with Crippen LogP contribution in [0.2, 0.25) is 5.02 Å². The number of nitrogens with zero attached hydrogens (tertiary/aromatic N) is 2. The molecule has 2 aromatic carbocycles. The standard InChI is InChI=1S/C16H9ClN2O2/c1-19-13-6-10(9-18)5-11(7-13)16(20)14-8-12(17)3-4-15(14)21-2/h3-8H,2H3. The fourth-order valence-electron chi connectivity index (χ4n) is 1.88. The number of rotatable bonds is 3. The van der Waals surface area contributed by atoms with Gasteiger partial charge in [-0.25, -0.2) is 4.85 Å². The zero-order valence-electron chi connectivity index (χ0n) is 11.1. The maximum absolute atomic E-state index is 12.6. The second kappa shape index (κ2) is 6.09. The van der Waals surface area contributed by atoms with E-state index in [1.165, 1.54) is 31.4 Å². The summed E-state index contributed by atoms with van der Waals surface area (Å²) in [5.74, 6) is 0.0347. The van der Waals surface area contributed by atoms with E-state index < -0.39 is 0 Å². The predicted octanol–water partition coefficient (Wildman–Crippen LogP) is 4.00. The largest absolute Gasteiger partial charge is 0.496 e. The summed E-state index contributed by atoms with van der Waals surface area (Å²) < 4.78 is 5.15. The van der Waals surface area contributed by atoms with Gasteiger partial charge in [0.2, 0.25) is 0 Å². The van der Waals surface area contributed by atoms with Gasteiger partial charge in [-0.15, -0.1) is 0 Å². The summed E-state index contributed by atoms with van der Waals surface area (Å²) in [4.78, 5) is 15.8. The van der Waals surface area contributed by atoms with Crippen LogP contribution >= 0.6 is 11.6 Å². The van der Waals surface area contributed by atoms with Gasteiger partial charge in [0, 0.05) is 16.1 Å². The summed E-state index contributed by atoms with van der Waals surface area (Å²) in [5.41, 5.74) is 1.03. The molecule has 102 valence electrons. The molecule has 0 bridgehead atoms. The molecular weight excluding hydrogens is 288 g/mol. The quantitative estimate of drug-likeness (QED) is 0.635. The van der Waals surface area contributed by atoms with Crippen LogP contribution in [-0.2, 0) is 0 Å². The van der Waals surface area contributed by atoms with Crippen molar-refractivity contribution in [2.75, 3.05) is 7.11 Å². The fourth-order valence-corrected chi connectivity index (χ4v) is 2.06. The Morgan fingerprint density at radius 3 is 2.71 bits per heavy atom. The van der Waals surface area contributed by atoms with Crippen molar-refractivity contribution in [1.29, 1.82) is 5.26 Å². The molecule has 0 aliphatic rings. The minimum Gasteiger partial charge on any atom is -0.496 e. The van der Waals surface area contributed by atoms with Crippen LogP contribution in [0, 0.1) is 17.9 Å². The Hall–Kier alpha value is -2.82. The van der Waals surface area contributed by atoms with Crippen LogP contribution in [0.4, 0.5) is 5.69 Å². The van der Waals surface area contributed by atoms with E-state index in [9.17, 15) is 4.79 Å². The molecule has 0 heterocycles. The van der Waals surface area contributed by atoms with Crippen molar-refractivity contribution in [2.24, 2.45) is 0 Å². The molecule has 5 heteroatoms. The highest BCUT2D eigenvalue weighted by Gasteiger charge is 2.16. The Morgan fingerprint density at radius 2 is 2.10 bits per heavy atom. The van der Waals surface area contributed by atoms with Crippen LogP contribution in [0.25, 0.3) is 4.85 Å². The van der Waals surface area contributed by atoms with Gasteiger partial charge in [-0.05, 0) is 36.4 Å². The summed E-state index contributed by atoms with van der Waals surface area (Å²) in [7, 11) is 1.45. The number of hydrogen-bond donors (Lipinski definition) is 0. The van der Waals surface area contributed by atoms with Crippen LogP contribution in [0.5, 0.6) is 5.75 Å². The summed E-state index contributed by atoms with van der Waals surface area (Å²) >= 11 is 5.91. The molecule has 0 unspecified atom stereocenters. The van der Waals surface area contributed by atoms with E-state index >= 15 is 0 Å². The third-order valence-corrected chi connectivity index (χ3v) is 3.08. The minimum atomic E-state index is -0.351. The van der Waals surface area contributed by atoms with Crippen LogP contribution < -0.4 is 4.74 Å². The zero-order chi connectivity index (χ0) is 15.4. The van der Waals surface area contributed by atoms with Crippen molar-refractivity contribution in [3.63, 3.8) is 0 Å². The van der Waals surface area contributed by atoms with E-state index in [1.54, 1.807) is 12.1 Å². The molecule has 2 aromatic rings. The van der Waals surface area contributed by atoms with Gasteiger partial charge in [0.15, 0.2) is 11.5 Å². The summed E-state index contributed by atoms with van der Waals surface area (Å²) in [5, 5.41) is 9.37. The van der Waals surface area contributed by atoms with E-state index in [4.69, 9.17) is 28.2 Å². The lowest BCUT2D eigenvalue weighted by Gasteiger charge is -2.08. The van der Waals surface area contributed by atoms with Gasteiger partial charge in [-0.2, -0.15) is 5.26 Å². The number of nitriles is 1. The molecule has 2 rings (SSSR count). The number of ketones is 1. The van der Waals surface area contributed by atoms with E-state index in [-0.39, 0.29) is 28.2 Å². The predicted molar refractivity (Wildman–Crippen MR) is 78.9 cm³/mol. The van der Waals surface area contributed by atoms with Gasteiger partial charge >= 0.3 is 0 Å². The Morgan fingerprint density at radius 1 is 1.33 bits per heavy atom. The van der Waals surface area contributed by atoms with Crippen molar-refractivity contribution in [1.82, 2.24) is 0 Å². The maximum atomic E-state index is 12.6. The number of methoxy groups -OCH3 is 1. The first-order valence-electron chi connectivity index (χ1n) is 5.90. The number of ether oxygens (including phenoxy) is 1.